The van der Waals surface area contributed by atoms with E-state index in [0.29, 0.717) is 44.8 Å². The fraction of sp³-hybridized carbons (Fsp3) is 0.0606. The number of hydrogen-bond donors (Lipinski definition) is 2. The van der Waals surface area contributed by atoms with Crippen LogP contribution in [0, 0.1) is 11.3 Å². The van der Waals surface area contributed by atoms with Gasteiger partial charge in [0.05, 0.1) is 35.8 Å². The van der Waals surface area contributed by atoms with Gasteiger partial charge in [-0.2, -0.15) is 10.4 Å². The van der Waals surface area contributed by atoms with Crippen molar-refractivity contribution in [3.8, 4) is 28.8 Å². The second-order valence-electron chi connectivity index (χ2n) is 9.79. The lowest BCUT2D eigenvalue weighted by atomic mass is 9.66. The van der Waals surface area contributed by atoms with Gasteiger partial charge in [0.1, 0.15) is 17.0 Å². The molecule has 1 amide bonds. The first-order valence-electron chi connectivity index (χ1n) is 13.0. The Hall–Kier alpha value is -5.32. The van der Waals surface area contributed by atoms with Crippen LogP contribution in [0.25, 0.3) is 22.6 Å². The van der Waals surface area contributed by atoms with E-state index < -0.39 is 5.41 Å². The summed E-state index contributed by atoms with van der Waals surface area (Å²) in [6, 6.07) is 34.4. The van der Waals surface area contributed by atoms with Gasteiger partial charge in [-0.05, 0) is 60.2 Å². The Morgan fingerprint density at radius 1 is 0.878 bits per heavy atom. The van der Waals surface area contributed by atoms with Crippen molar-refractivity contribution in [2.45, 2.75) is 5.41 Å². The minimum Gasteiger partial charge on any atom is -0.497 e. The lowest BCUT2D eigenvalue weighted by Crippen LogP contribution is -2.41. The third kappa shape index (κ3) is 3.58. The topological polar surface area (TPSA) is 92.0 Å². The molecule has 1 unspecified atom stereocenters. The van der Waals surface area contributed by atoms with E-state index in [0.717, 1.165) is 16.8 Å². The maximum absolute atomic E-state index is 14.4. The van der Waals surface area contributed by atoms with Crippen LogP contribution in [-0.2, 0) is 10.2 Å². The molecule has 0 saturated carbocycles. The number of rotatable bonds is 4. The van der Waals surface area contributed by atoms with E-state index in [4.69, 9.17) is 21.4 Å². The second-order valence-corrected chi connectivity index (χ2v) is 10.2. The SMILES string of the molecule is COc1ccc(C2=C(C#N)C3(C(=O)Nc4ccccc43)c3c(-c4ccc(Cl)cc4)nn(-c4ccccc4)c3N2)cc1. The van der Waals surface area contributed by atoms with E-state index >= 15 is 0 Å². The molecule has 4 aromatic carbocycles. The third-order valence-electron chi connectivity index (χ3n) is 7.66. The van der Waals surface area contributed by atoms with E-state index in [1.165, 1.54) is 0 Å². The minimum atomic E-state index is -1.47. The summed E-state index contributed by atoms with van der Waals surface area (Å²) in [5.74, 6) is 0.965. The van der Waals surface area contributed by atoms with E-state index in [1.54, 1.807) is 23.9 Å². The van der Waals surface area contributed by atoms with E-state index in [1.807, 2.05) is 91.0 Å². The number of carbonyl (C=O) groups excluding carboxylic acids is 1. The Labute approximate surface area is 241 Å². The second kappa shape index (κ2) is 9.40. The molecule has 0 aliphatic carbocycles. The molecule has 2 N–H and O–H groups in total. The normalized spacial score (nSPS) is 17.0. The lowest BCUT2D eigenvalue weighted by molar-refractivity contribution is -0.118. The molecule has 7 nitrogen and oxygen atoms in total. The number of fused-ring (bicyclic) bond motifs is 4. The van der Waals surface area contributed by atoms with Crippen molar-refractivity contribution in [1.82, 2.24) is 9.78 Å². The van der Waals surface area contributed by atoms with Gasteiger partial charge in [-0.3, -0.25) is 4.79 Å². The highest BCUT2D eigenvalue weighted by atomic mass is 35.5. The molecule has 1 spiro atoms. The Morgan fingerprint density at radius 2 is 1.56 bits per heavy atom. The van der Waals surface area contributed by atoms with E-state index in [2.05, 4.69) is 16.7 Å². The molecular weight excluding hydrogens is 534 g/mol. The van der Waals surface area contributed by atoms with Crippen molar-refractivity contribution in [2.75, 3.05) is 17.7 Å². The summed E-state index contributed by atoms with van der Waals surface area (Å²) in [7, 11) is 1.60. The van der Waals surface area contributed by atoms with Crippen molar-refractivity contribution in [3.05, 3.63) is 130 Å². The summed E-state index contributed by atoms with van der Waals surface area (Å²) < 4.78 is 7.17. The van der Waals surface area contributed by atoms with Gasteiger partial charge in [-0.1, -0.05) is 60.1 Å². The summed E-state index contributed by atoms with van der Waals surface area (Å²) in [4.78, 5) is 14.4. The van der Waals surface area contributed by atoms with Gasteiger partial charge >= 0.3 is 0 Å². The number of anilines is 2. The molecule has 7 rings (SSSR count). The average Bonchev–Trinajstić information content (AvgIpc) is 3.54. The molecule has 2 aliphatic heterocycles. The molecule has 3 heterocycles. The highest BCUT2D eigenvalue weighted by Gasteiger charge is 2.58. The number of halogens is 1. The van der Waals surface area contributed by atoms with Crippen LogP contribution in [0.5, 0.6) is 5.75 Å². The van der Waals surface area contributed by atoms with Gasteiger partial charge in [0.25, 0.3) is 0 Å². The van der Waals surface area contributed by atoms with Gasteiger partial charge in [-0.25, -0.2) is 4.68 Å². The smallest absolute Gasteiger partial charge is 0.245 e. The first-order valence-corrected chi connectivity index (χ1v) is 13.4. The van der Waals surface area contributed by atoms with Crippen LogP contribution in [0.4, 0.5) is 11.5 Å². The maximum atomic E-state index is 14.4. The number of carbonyl (C=O) groups is 1. The molecule has 2 aliphatic rings. The fourth-order valence-corrected chi connectivity index (χ4v) is 5.94. The number of nitrogens with one attached hydrogen (secondary N) is 2. The number of nitrogens with zero attached hydrogens (tertiary/aromatic N) is 3. The molecule has 1 atom stereocenters. The zero-order valence-corrected chi connectivity index (χ0v) is 22.6. The van der Waals surface area contributed by atoms with Crippen LogP contribution >= 0.6 is 11.6 Å². The highest BCUT2D eigenvalue weighted by Crippen LogP contribution is 2.57. The van der Waals surface area contributed by atoms with Crippen molar-refractivity contribution >= 4 is 34.7 Å². The number of benzene rings is 4. The quantitative estimate of drug-likeness (QED) is 0.254. The van der Waals surface area contributed by atoms with Gasteiger partial charge < -0.3 is 15.4 Å². The molecule has 0 saturated heterocycles. The molecule has 198 valence electrons. The Bertz CT molecular complexity index is 1900. The predicted molar refractivity (Wildman–Crippen MR) is 159 cm³/mol. The first-order chi connectivity index (χ1) is 20.1. The van der Waals surface area contributed by atoms with Crippen LogP contribution in [0.15, 0.2) is 109 Å². The lowest BCUT2D eigenvalue weighted by Gasteiger charge is -2.35. The first kappa shape index (κ1) is 24.7. The van der Waals surface area contributed by atoms with Gasteiger partial charge in [-0.15, -0.1) is 0 Å². The molecule has 0 fully saturated rings. The molecule has 41 heavy (non-hydrogen) atoms. The summed E-state index contributed by atoms with van der Waals surface area (Å²) in [6.45, 7) is 0. The van der Waals surface area contributed by atoms with Gasteiger partial charge in [0.15, 0.2) is 0 Å². The largest absolute Gasteiger partial charge is 0.497 e. The van der Waals surface area contributed by atoms with Crippen molar-refractivity contribution in [2.24, 2.45) is 0 Å². The Balaban J connectivity index is 1.63. The predicted octanol–water partition coefficient (Wildman–Crippen LogP) is 6.80. The van der Waals surface area contributed by atoms with E-state index in [9.17, 15) is 10.1 Å². The summed E-state index contributed by atoms with van der Waals surface area (Å²) >= 11 is 6.25. The zero-order valence-electron chi connectivity index (χ0n) is 21.9. The summed E-state index contributed by atoms with van der Waals surface area (Å²) in [6.07, 6.45) is 0. The van der Waals surface area contributed by atoms with E-state index in [-0.39, 0.29) is 11.5 Å². The molecule has 8 heteroatoms. The number of aromatic nitrogens is 2. The van der Waals surface area contributed by atoms with Crippen LogP contribution in [-0.4, -0.2) is 22.8 Å². The third-order valence-corrected chi connectivity index (χ3v) is 7.91. The zero-order chi connectivity index (χ0) is 28.1. The van der Waals surface area contributed by atoms with Gasteiger partial charge in [0.2, 0.25) is 5.91 Å². The summed E-state index contributed by atoms with van der Waals surface area (Å²) in [5.41, 5.74) is 4.15. The molecule has 5 aromatic rings. The average molecular weight is 556 g/mol. The van der Waals surface area contributed by atoms with Crippen molar-refractivity contribution in [3.63, 3.8) is 0 Å². The monoisotopic (exact) mass is 555 g/mol. The Morgan fingerprint density at radius 3 is 2.27 bits per heavy atom. The molecule has 1 aromatic heterocycles. The molecule has 0 radical (unpaired) electrons. The highest BCUT2D eigenvalue weighted by molar-refractivity contribution is 6.30. The minimum absolute atomic E-state index is 0.278. The number of amides is 1. The molecular formula is C33H22ClN5O2. The number of methoxy groups -OCH3 is 1. The maximum Gasteiger partial charge on any atom is 0.245 e. The van der Waals surface area contributed by atoms with Crippen LogP contribution in [0.1, 0.15) is 16.7 Å². The van der Waals surface area contributed by atoms with Crippen LogP contribution in [0.2, 0.25) is 5.02 Å². The van der Waals surface area contributed by atoms with Crippen LogP contribution < -0.4 is 15.4 Å². The number of nitriles is 1. The standard InChI is InChI=1S/C33H22ClN5O2/c1-41-24-17-13-20(14-18-24)29-26(19-35)33(25-9-5-6-10-27(25)36-32(33)40)28-30(21-11-15-22(34)16-12-21)38-39(31(28)37-29)23-7-3-2-4-8-23/h2-18,37H,1H3,(H,36,40). The van der Waals surface area contributed by atoms with Gasteiger partial charge in [0, 0.05) is 27.4 Å². The number of ether oxygens (including phenoxy) is 1. The van der Waals surface area contributed by atoms with Crippen molar-refractivity contribution in [1.29, 1.82) is 5.26 Å². The Kier molecular flexibility index (Phi) is 5.67. The number of hydrogen-bond acceptors (Lipinski definition) is 5. The van der Waals surface area contributed by atoms with Crippen molar-refractivity contribution < 1.29 is 9.53 Å². The summed E-state index contributed by atoms with van der Waals surface area (Å²) in [5, 5.41) is 23.1. The fourth-order valence-electron chi connectivity index (χ4n) is 5.82. The molecule has 0 bridgehead atoms. The van der Waals surface area contributed by atoms with Crippen LogP contribution in [0.3, 0.4) is 0 Å². The number of para-hydroxylation sites is 2.